The predicted molar refractivity (Wildman–Crippen MR) is 144 cm³/mol. The van der Waals surface area contributed by atoms with Crippen LogP contribution in [0.4, 0.5) is 16.3 Å². The Kier molecular flexibility index (Phi) is 8.49. The minimum absolute atomic E-state index is 0.118. The van der Waals surface area contributed by atoms with Gasteiger partial charge in [0.15, 0.2) is 17.5 Å². The van der Waals surface area contributed by atoms with E-state index in [1.54, 1.807) is 19.4 Å². The highest BCUT2D eigenvalue weighted by Gasteiger charge is 2.38. The highest BCUT2D eigenvalue weighted by Crippen LogP contribution is 2.40. The number of aromatic nitrogens is 3. The van der Waals surface area contributed by atoms with Gasteiger partial charge in [0.05, 0.1) is 10.6 Å². The molecule has 2 saturated carbocycles. The first-order valence-corrected chi connectivity index (χ1v) is 13.2. The molecule has 2 aromatic rings. The molecule has 5 N–H and O–H groups in total. The highest BCUT2D eigenvalue weighted by molar-refractivity contribution is 6.30. The van der Waals surface area contributed by atoms with Crippen molar-refractivity contribution in [3.63, 3.8) is 0 Å². The number of carboxylic acid groups (broad SMARTS) is 1. The number of hydrogen-bond acceptors (Lipinski definition) is 8. The summed E-state index contributed by atoms with van der Waals surface area (Å²) in [5.41, 5.74) is 8.01. The zero-order valence-corrected chi connectivity index (χ0v) is 22.2. The lowest BCUT2D eigenvalue weighted by atomic mass is 9.82. The summed E-state index contributed by atoms with van der Waals surface area (Å²) in [7, 11) is 1.77. The molecule has 4 rings (SSSR count). The van der Waals surface area contributed by atoms with Crippen LogP contribution in [-0.4, -0.2) is 57.8 Å². The zero-order valence-electron chi connectivity index (χ0n) is 21.5. The third-order valence-electron chi connectivity index (χ3n) is 7.70. The maximum absolute atomic E-state index is 11.2. The molecule has 0 aliphatic heterocycles. The van der Waals surface area contributed by atoms with Gasteiger partial charge >= 0.3 is 6.09 Å². The number of ether oxygens (including phenoxy) is 1. The van der Waals surface area contributed by atoms with E-state index >= 15 is 0 Å². The van der Waals surface area contributed by atoms with Crippen molar-refractivity contribution in [1.29, 1.82) is 5.41 Å². The van der Waals surface area contributed by atoms with Crippen LogP contribution in [-0.2, 0) is 4.74 Å². The van der Waals surface area contributed by atoms with Crippen LogP contribution < -0.4 is 16.0 Å². The topological polar surface area (TPSA) is 150 Å². The summed E-state index contributed by atoms with van der Waals surface area (Å²) in [5, 5.41) is 19.7. The van der Waals surface area contributed by atoms with Crippen LogP contribution >= 0.6 is 11.6 Å². The summed E-state index contributed by atoms with van der Waals surface area (Å²) in [5.74, 6) is 0.818. The van der Waals surface area contributed by atoms with Crippen LogP contribution in [0.25, 0.3) is 11.3 Å². The number of carbonyl (C=O) groups is 1. The molecule has 0 bridgehead atoms. The van der Waals surface area contributed by atoms with Gasteiger partial charge in [0, 0.05) is 38.2 Å². The van der Waals surface area contributed by atoms with Crippen molar-refractivity contribution >= 4 is 35.0 Å². The van der Waals surface area contributed by atoms with Gasteiger partial charge in [0.2, 0.25) is 0 Å². The van der Waals surface area contributed by atoms with E-state index in [0.29, 0.717) is 34.4 Å². The molecular weight excluding hydrogens is 494 g/mol. The zero-order chi connectivity index (χ0) is 26.6. The van der Waals surface area contributed by atoms with E-state index in [4.69, 9.17) is 32.6 Å². The lowest BCUT2D eigenvalue weighted by Gasteiger charge is -2.39. The van der Waals surface area contributed by atoms with E-state index in [0.717, 1.165) is 51.0 Å². The molecule has 0 unspecified atom stereocenters. The van der Waals surface area contributed by atoms with Gasteiger partial charge in [0.25, 0.3) is 0 Å². The van der Waals surface area contributed by atoms with Gasteiger partial charge < -0.3 is 20.5 Å². The van der Waals surface area contributed by atoms with E-state index in [2.05, 4.69) is 26.8 Å². The summed E-state index contributed by atoms with van der Waals surface area (Å²) in [4.78, 5) is 26.6. The SMILES string of the molecule is COC1(CN(CC2CCC(C)CC2)c2c(N)nc(C(=N)NC(=O)O)nc2-c2cncc(Cl)c2)CCCC1. The second-order valence-electron chi connectivity index (χ2n) is 10.4. The Hall–Kier alpha value is -2.98. The third-order valence-corrected chi connectivity index (χ3v) is 7.91. The maximum Gasteiger partial charge on any atom is 0.410 e. The fourth-order valence-corrected chi connectivity index (χ4v) is 5.83. The lowest BCUT2D eigenvalue weighted by molar-refractivity contribution is 0.00162. The molecule has 0 spiro atoms. The average molecular weight is 530 g/mol. The summed E-state index contributed by atoms with van der Waals surface area (Å²) in [6.45, 7) is 3.71. The Balaban J connectivity index is 1.82. The summed E-state index contributed by atoms with van der Waals surface area (Å²) in [6, 6.07) is 1.74. The molecule has 2 aliphatic carbocycles. The molecule has 0 radical (unpaired) electrons. The first kappa shape index (κ1) is 27.1. The number of nitrogens with zero attached hydrogens (tertiary/aromatic N) is 4. The fourth-order valence-electron chi connectivity index (χ4n) is 5.65. The van der Waals surface area contributed by atoms with Crippen LogP contribution in [0.2, 0.25) is 5.02 Å². The van der Waals surface area contributed by atoms with Gasteiger partial charge in [-0.3, -0.25) is 15.7 Å². The molecule has 37 heavy (non-hydrogen) atoms. The van der Waals surface area contributed by atoms with E-state index < -0.39 is 11.9 Å². The Morgan fingerprint density at radius 3 is 2.59 bits per heavy atom. The summed E-state index contributed by atoms with van der Waals surface area (Å²) < 4.78 is 6.10. The van der Waals surface area contributed by atoms with E-state index in [1.165, 1.54) is 19.0 Å². The normalized spacial score (nSPS) is 20.9. The van der Waals surface area contributed by atoms with Crippen LogP contribution in [0.1, 0.15) is 64.1 Å². The number of amides is 1. The first-order valence-electron chi connectivity index (χ1n) is 12.9. The smallest absolute Gasteiger partial charge is 0.410 e. The van der Waals surface area contributed by atoms with Gasteiger partial charge in [-0.15, -0.1) is 0 Å². The summed E-state index contributed by atoms with van der Waals surface area (Å²) in [6.07, 6.45) is 10.6. The first-order chi connectivity index (χ1) is 17.7. The second-order valence-corrected chi connectivity index (χ2v) is 10.9. The van der Waals surface area contributed by atoms with Gasteiger partial charge in [-0.1, -0.05) is 44.2 Å². The van der Waals surface area contributed by atoms with Crippen molar-refractivity contribution in [2.75, 3.05) is 30.8 Å². The lowest BCUT2D eigenvalue weighted by Crippen LogP contribution is -2.45. The molecule has 2 aromatic heterocycles. The number of pyridine rings is 1. The third kappa shape index (κ3) is 6.48. The summed E-state index contributed by atoms with van der Waals surface area (Å²) >= 11 is 6.29. The maximum atomic E-state index is 11.2. The molecule has 2 aliphatic rings. The number of nitrogens with two attached hydrogens (primary N) is 1. The molecule has 0 saturated heterocycles. The highest BCUT2D eigenvalue weighted by atomic mass is 35.5. The average Bonchev–Trinajstić information content (AvgIpc) is 3.33. The second kappa shape index (κ2) is 11.6. The Labute approximate surface area is 222 Å². The number of anilines is 2. The minimum Gasteiger partial charge on any atom is -0.465 e. The van der Waals surface area contributed by atoms with Crippen molar-refractivity contribution in [1.82, 2.24) is 20.3 Å². The number of halogens is 1. The quantitative estimate of drug-likeness (QED) is 0.277. The van der Waals surface area contributed by atoms with Gasteiger partial charge in [-0.05, 0) is 43.6 Å². The van der Waals surface area contributed by atoms with E-state index in [1.807, 2.05) is 5.32 Å². The van der Waals surface area contributed by atoms with Crippen molar-refractivity contribution < 1.29 is 14.6 Å². The molecule has 0 aromatic carbocycles. The molecule has 2 fully saturated rings. The number of nitrogen functional groups attached to an aromatic ring is 1. The molecule has 200 valence electrons. The monoisotopic (exact) mass is 529 g/mol. The number of hydrogen-bond donors (Lipinski definition) is 4. The predicted octanol–water partition coefficient (Wildman–Crippen LogP) is 4.96. The number of amidine groups is 1. The van der Waals surface area contributed by atoms with Gasteiger partial charge in [-0.25, -0.2) is 14.8 Å². The number of methoxy groups -OCH3 is 1. The fraction of sp³-hybridized carbons (Fsp3) is 0.577. The Morgan fingerprint density at radius 1 is 1.27 bits per heavy atom. The van der Waals surface area contributed by atoms with E-state index in [9.17, 15) is 4.79 Å². The molecule has 10 nitrogen and oxygen atoms in total. The largest absolute Gasteiger partial charge is 0.465 e. The van der Waals surface area contributed by atoms with Gasteiger partial charge in [-0.2, -0.15) is 0 Å². The minimum atomic E-state index is -1.38. The number of nitrogens with one attached hydrogen (secondary N) is 2. The van der Waals surface area contributed by atoms with Crippen LogP contribution in [0.3, 0.4) is 0 Å². The van der Waals surface area contributed by atoms with Crippen LogP contribution in [0.5, 0.6) is 0 Å². The Morgan fingerprint density at radius 2 is 1.97 bits per heavy atom. The standard InChI is InChI=1S/C26H36ClN7O3/c1-16-5-7-17(8-6-16)14-34(15-26(37-2)9-3-4-10-26)21-20(18-11-19(27)13-30-12-18)31-24(32-22(21)28)23(29)33-25(35)36/h11-13,16-17H,3-10,14-15H2,1-2H3,(H2,29,33)(H,35,36)(H2,28,31,32). The van der Waals surface area contributed by atoms with Gasteiger partial charge in [0.1, 0.15) is 11.4 Å². The van der Waals surface area contributed by atoms with Crippen LogP contribution in [0.15, 0.2) is 18.5 Å². The van der Waals surface area contributed by atoms with Crippen LogP contribution in [0, 0.1) is 17.2 Å². The van der Waals surface area contributed by atoms with Crippen molar-refractivity contribution in [3.05, 3.63) is 29.3 Å². The van der Waals surface area contributed by atoms with Crippen molar-refractivity contribution in [2.45, 2.75) is 63.9 Å². The molecule has 2 heterocycles. The molecule has 0 atom stereocenters. The van der Waals surface area contributed by atoms with Crippen molar-refractivity contribution in [3.8, 4) is 11.3 Å². The molecular formula is C26H36ClN7O3. The molecule has 11 heteroatoms. The molecule has 1 amide bonds. The Bertz CT molecular complexity index is 1130. The van der Waals surface area contributed by atoms with Crippen molar-refractivity contribution in [2.24, 2.45) is 11.8 Å². The number of rotatable bonds is 8. The van der Waals surface area contributed by atoms with E-state index in [-0.39, 0.29) is 17.2 Å².